The topological polar surface area (TPSA) is 133 Å². The van der Waals surface area contributed by atoms with Gasteiger partial charge in [-0.05, 0) is 60.4 Å². The number of aliphatic hydroxyl groups excluding tert-OH is 1. The van der Waals surface area contributed by atoms with Crippen LogP contribution in [0.15, 0.2) is 120 Å². The lowest BCUT2D eigenvalue weighted by molar-refractivity contribution is -0.276. The first-order valence-corrected chi connectivity index (χ1v) is 19.5. The minimum Gasteiger partial charge on any atom is -0.392 e. The van der Waals surface area contributed by atoms with Crippen molar-refractivity contribution >= 4 is 38.2 Å². The summed E-state index contributed by atoms with van der Waals surface area (Å²) >= 11 is 0. The lowest BCUT2D eigenvalue weighted by Gasteiger charge is -2.46. The Morgan fingerprint density at radius 1 is 0.906 bits per heavy atom. The highest BCUT2D eigenvalue weighted by molar-refractivity contribution is 7.93. The number of rotatable bonds is 9. The molecular weight excluding hydrogens is 691 g/mol. The molecule has 1 aromatic heterocycles. The van der Waals surface area contributed by atoms with E-state index in [2.05, 4.69) is 43.9 Å². The zero-order valence-electron chi connectivity index (χ0n) is 29.5. The van der Waals surface area contributed by atoms with E-state index < -0.39 is 21.9 Å². The van der Waals surface area contributed by atoms with Crippen molar-refractivity contribution in [2.24, 2.45) is 5.92 Å². The number of piperidine rings is 1. The van der Waals surface area contributed by atoms with Gasteiger partial charge in [0.25, 0.3) is 10.0 Å². The summed E-state index contributed by atoms with van der Waals surface area (Å²) in [5, 5.41) is 13.5. The molecule has 3 fully saturated rings. The number of likely N-dealkylation sites (tertiary alicyclic amines) is 1. The lowest BCUT2D eigenvalue weighted by Crippen LogP contribution is -2.57. The molecule has 3 saturated heterocycles. The second-order valence-electron chi connectivity index (χ2n) is 14.1. The van der Waals surface area contributed by atoms with E-state index in [4.69, 9.17) is 9.47 Å². The van der Waals surface area contributed by atoms with Gasteiger partial charge in [-0.25, -0.2) is 8.42 Å². The maximum atomic E-state index is 13.7. The summed E-state index contributed by atoms with van der Waals surface area (Å²) in [7, 11) is -3.97. The van der Waals surface area contributed by atoms with Crippen molar-refractivity contribution in [3.8, 4) is 0 Å². The summed E-state index contributed by atoms with van der Waals surface area (Å²) < 4.78 is 43.5. The molecule has 11 nitrogen and oxygen atoms in total. The monoisotopic (exact) mass is 733 g/mol. The molecule has 8 rings (SSSR count). The first-order valence-electron chi connectivity index (χ1n) is 18.0. The Labute approximate surface area is 309 Å². The third-order valence-corrected chi connectivity index (χ3v) is 12.4. The van der Waals surface area contributed by atoms with Gasteiger partial charge in [0, 0.05) is 54.1 Å². The molecule has 4 atom stereocenters. The van der Waals surface area contributed by atoms with E-state index in [1.165, 1.54) is 0 Å². The molecule has 274 valence electrons. The third-order valence-electron chi connectivity index (χ3n) is 10.9. The van der Waals surface area contributed by atoms with Gasteiger partial charge < -0.3 is 29.7 Å². The summed E-state index contributed by atoms with van der Waals surface area (Å²) in [6.07, 6.45) is 1.60. The number of anilines is 2. The predicted octanol–water partition coefficient (Wildman–Crippen LogP) is 5.75. The summed E-state index contributed by atoms with van der Waals surface area (Å²) in [6.45, 7) is 4.66. The molecule has 3 aliphatic heterocycles. The van der Waals surface area contributed by atoms with E-state index in [0.29, 0.717) is 42.8 Å². The average molecular weight is 734 g/mol. The Balaban J connectivity index is 1.03. The molecule has 0 aliphatic carbocycles. The quantitative estimate of drug-likeness (QED) is 0.173. The van der Waals surface area contributed by atoms with Crippen LogP contribution in [0.1, 0.15) is 48.8 Å². The SMILES string of the molecule is C[C@H]1[C@@H](CN2CCC3(CC2)C(=O)NCN3c2ccccc2)OC(c2cccc(NS(=O)(=O)c3cccc4cccnc34)c2)O[C@H]1c1ccc(CO)cc1. The fraction of sp³-hybridized carbons (Fsp3) is 0.317. The Morgan fingerprint density at radius 3 is 2.43 bits per heavy atom. The number of hydrogen-bond donors (Lipinski definition) is 3. The summed E-state index contributed by atoms with van der Waals surface area (Å²) in [4.78, 5) is 22.3. The normalized spacial score (nSPS) is 23.3. The van der Waals surface area contributed by atoms with Gasteiger partial charge in [-0.1, -0.05) is 79.7 Å². The number of sulfonamides is 1. The van der Waals surface area contributed by atoms with Crippen molar-refractivity contribution in [3.63, 3.8) is 0 Å². The van der Waals surface area contributed by atoms with Crippen LogP contribution in [0.25, 0.3) is 10.9 Å². The number of para-hydroxylation sites is 2. The number of nitrogens with zero attached hydrogens (tertiary/aromatic N) is 3. The largest absolute Gasteiger partial charge is 0.392 e. The molecule has 12 heteroatoms. The maximum Gasteiger partial charge on any atom is 0.264 e. The van der Waals surface area contributed by atoms with Crippen LogP contribution in [0.5, 0.6) is 0 Å². The second-order valence-corrected chi connectivity index (χ2v) is 15.8. The molecule has 1 amide bonds. The van der Waals surface area contributed by atoms with Crippen molar-refractivity contribution in [2.75, 3.05) is 35.9 Å². The molecule has 4 aromatic carbocycles. The van der Waals surface area contributed by atoms with Gasteiger partial charge in [0.1, 0.15) is 10.4 Å². The minimum atomic E-state index is -3.97. The van der Waals surface area contributed by atoms with Crippen molar-refractivity contribution in [1.29, 1.82) is 0 Å². The Bertz CT molecular complexity index is 2190. The summed E-state index contributed by atoms with van der Waals surface area (Å²) in [6, 6.07) is 33.7. The molecule has 0 saturated carbocycles. The molecule has 3 aliphatic rings. The van der Waals surface area contributed by atoms with Crippen LogP contribution in [0.3, 0.4) is 0 Å². The van der Waals surface area contributed by atoms with Crippen LogP contribution in [-0.2, 0) is 30.9 Å². The molecular formula is C41H43N5O6S. The number of benzene rings is 4. The number of pyridine rings is 1. The number of ether oxygens (including phenoxy) is 2. The highest BCUT2D eigenvalue weighted by Crippen LogP contribution is 2.43. The smallest absolute Gasteiger partial charge is 0.264 e. The van der Waals surface area contributed by atoms with E-state index >= 15 is 0 Å². The number of nitrogens with one attached hydrogen (secondary N) is 2. The van der Waals surface area contributed by atoms with Gasteiger partial charge in [0.2, 0.25) is 5.91 Å². The number of aliphatic hydroxyl groups is 1. The second kappa shape index (κ2) is 14.5. The molecule has 1 unspecified atom stereocenters. The molecule has 5 aromatic rings. The number of amides is 1. The van der Waals surface area contributed by atoms with E-state index in [9.17, 15) is 18.3 Å². The van der Waals surface area contributed by atoms with Crippen LogP contribution in [0, 0.1) is 5.92 Å². The fourth-order valence-corrected chi connectivity index (χ4v) is 9.20. The summed E-state index contributed by atoms with van der Waals surface area (Å²) in [5.41, 5.74) is 3.67. The maximum absolute atomic E-state index is 13.7. The van der Waals surface area contributed by atoms with Crippen molar-refractivity contribution in [1.82, 2.24) is 15.2 Å². The number of carbonyl (C=O) groups excluding carboxylic acids is 1. The van der Waals surface area contributed by atoms with Gasteiger partial charge in [-0.15, -0.1) is 0 Å². The number of fused-ring (bicyclic) bond motifs is 1. The predicted molar refractivity (Wildman–Crippen MR) is 202 cm³/mol. The molecule has 4 heterocycles. The first-order chi connectivity index (χ1) is 25.7. The van der Waals surface area contributed by atoms with Crippen molar-refractivity contribution in [3.05, 3.63) is 132 Å². The van der Waals surface area contributed by atoms with Gasteiger partial charge >= 0.3 is 0 Å². The molecule has 1 spiro atoms. The van der Waals surface area contributed by atoms with Gasteiger partial charge in [0.05, 0.1) is 31.0 Å². The van der Waals surface area contributed by atoms with Crippen LogP contribution < -0.4 is 14.9 Å². The Kier molecular flexibility index (Phi) is 9.64. The highest BCUT2D eigenvalue weighted by Gasteiger charge is 2.51. The molecule has 53 heavy (non-hydrogen) atoms. The van der Waals surface area contributed by atoms with Gasteiger partial charge in [-0.2, -0.15) is 0 Å². The van der Waals surface area contributed by atoms with Crippen molar-refractivity contribution in [2.45, 2.75) is 55.3 Å². The van der Waals surface area contributed by atoms with Crippen LogP contribution in [-0.4, -0.2) is 67.3 Å². The molecule has 0 bridgehead atoms. The third kappa shape index (κ3) is 6.89. The van der Waals surface area contributed by atoms with E-state index in [1.807, 2.05) is 60.7 Å². The van der Waals surface area contributed by atoms with Gasteiger partial charge in [0.15, 0.2) is 6.29 Å². The lowest BCUT2D eigenvalue weighted by atomic mass is 9.84. The van der Waals surface area contributed by atoms with Crippen LogP contribution in [0.2, 0.25) is 0 Å². The minimum absolute atomic E-state index is 0.0433. The fourth-order valence-electron chi connectivity index (χ4n) is 7.97. The van der Waals surface area contributed by atoms with E-state index in [-0.39, 0.29) is 35.5 Å². The zero-order chi connectivity index (χ0) is 36.6. The standard InChI is InChI=1S/C41H43N5O6S/c1-28-35(25-45-22-19-41(20-23-45)40(48)43-27-46(41)34-12-3-2-4-13-34)51-39(52-38(28)31-17-15-29(26-47)16-18-31)32-9-5-11-33(24-32)44-53(49,50)36-14-6-8-30-10-7-21-42-37(30)36/h2-18,21,24,28,35,38-39,44,47H,19-20,22-23,25-27H2,1H3,(H,43,48)/t28-,35+,38+,39?/m0/s1. The van der Waals surface area contributed by atoms with Gasteiger partial charge in [-0.3, -0.25) is 14.5 Å². The van der Waals surface area contributed by atoms with Crippen molar-refractivity contribution < 1.29 is 27.8 Å². The summed E-state index contributed by atoms with van der Waals surface area (Å²) in [5.74, 6) is 0.0358. The van der Waals surface area contributed by atoms with Crippen LogP contribution >= 0.6 is 0 Å². The number of aromatic nitrogens is 1. The first kappa shape index (κ1) is 35.2. The van der Waals surface area contributed by atoms with E-state index in [1.54, 1.807) is 42.6 Å². The molecule has 0 radical (unpaired) electrons. The zero-order valence-corrected chi connectivity index (χ0v) is 30.3. The average Bonchev–Trinajstić information content (AvgIpc) is 3.50. The van der Waals surface area contributed by atoms with Crippen LogP contribution in [0.4, 0.5) is 11.4 Å². The van der Waals surface area contributed by atoms with E-state index in [0.717, 1.165) is 35.3 Å². The number of hydrogen-bond acceptors (Lipinski definition) is 9. The Hall–Kier alpha value is -4.85. The Morgan fingerprint density at radius 2 is 1.66 bits per heavy atom. The number of carbonyl (C=O) groups is 1. The highest BCUT2D eigenvalue weighted by atomic mass is 32.2. The molecule has 3 N–H and O–H groups in total.